The Hall–Kier alpha value is -1.06. The third-order valence-electron chi connectivity index (χ3n) is 4.49. The van der Waals surface area contributed by atoms with Gasteiger partial charge in [-0.25, -0.2) is 9.11 Å². The van der Waals surface area contributed by atoms with Crippen LogP contribution >= 0.6 is 0 Å². The zero-order valence-electron chi connectivity index (χ0n) is 15.7. The Morgan fingerprint density at radius 3 is 2.27 bits per heavy atom. The first-order valence-corrected chi connectivity index (χ1v) is 10.7. The zero-order valence-corrected chi connectivity index (χ0v) is 16.5. The minimum Gasteiger partial charge on any atom is -0.379 e. The van der Waals surface area contributed by atoms with Crippen LogP contribution in [0.15, 0.2) is 24.3 Å². The average Bonchev–Trinajstić information content (AvgIpc) is 2.64. The fraction of sp³-hybridized carbons (Fsp3) is 0.667. The highest BCUT2D eigenvalue weighted by Gasteiger charge is 2.26. The summed E-state index contributed by atoms with van der Waals surface area (Å²) in [6.45, 7) is 7.85. The highest BCUT2D eigenvalue weighted by molar-refractivity contribution is 7.87. The van der Waals surface area contributed by atoms with Crippen molar-refractivity contribution in [2.24, 2.45) is 0 Å². The molecule has 0 aliphatic carbocycles. The van der Waals surface area contributed by atoms with Crippen molar-refractivity contribution in [1.82, 2.24) is 13.9 Å². The summed E-state index contributed by atoms with van der Waals surface area (Å²) in [6.07, 6.45) is 1.54. The van der Waals surface area contributed by atoms with Crippen LogP contribution in [0.3, 0.4) is 0 Å². The average molecular weight is 388 g/mol. The monoisotopic (exact) mass is 387 g/mol. The molecule has 0 spiro atoms. The Bertz CT molecular complexity index is 628. The summed E-state index contributed by atoms with van der Waals surface area (Å²) in [5, 5.41) is 0. The van der Waals surface area contributed by atoms with Gasteiger partial charge >= 0.3 is 0 Å². The molecular weight excluding hydrogens is 357 g/mol. The maximum Gasteiger partial charge on any atom is 0.279 e. The molecule has 1 fully saturated rings. The van der Waals surface area contributed by atoms with E-state index in [0.717, 1.165) is 31.5 Å². The van der Waals surface area contributed by atoms with Gasteiger partial charge in [0, 0.05) is 38.8 Å². The van der Waals surface area contributed by atoms with Crippen molar-refractivity contribution in [3.05, 3.63) is 35.6 Å². The van der Waals surface area contributed by atoms with Gasteiger partial charge in [0.25, 0.3) is 10.2 Å². The van der Waals surface area contributed by atoms with Crippen molar-refractivity contribution in [3.63, 3.8) is 0 Å². The number of morpholine rings is 1. The number of hydrogen-bond donors (Lipinski definition) is 1. The summed E-state index contributed by atoms with van der Waals surface area (Å²) < 4.78 is 48.3. The van der Waals surface area contributed by atoms with E-state index in [0.29, 0.717) is 26.3 Å². The molecule has 148 valence electrons. The molecular formula is C18H30FN3O3S. The largest absolute Gasteiger partial charge is 0.379 e. The zero-order chi connectivity index (χ0) is 19.0. The lowest BCUT2D eigenvalue weighted by Crippen LogP contribution is -2.47. The molecule has 1 heterocycles. The quantitative estimate of drug-likeness (QED) is 0.668. The number of nitrogens with zero attached hydrogens (tertiary/aromatic N) is 2. The summed E-state index contributed by atoms with van der Waals surface area (Å²) in [4.78, 5) is 2.18. The van der Waals surface area contributed by atoms with Crippen molar-refractivity contribution in [3.8, 4) is 0 Å². The molecule has 0 amide bonds. The first kappa shape index (κ1) is 21.2. The fourth-order valence-corrected chi connectivity index (χ4v) is 4.56. The molecule has 0 bridgehead atoms. The van der Waals surface area contributed by atoms with Gasteiger partial charge in [0.2, 0.25) is 0 Å². The second-order valence-corrected chi connectivity index (χ2v) is 8.22. The van der Waals surface area contributed by atoms with Gasteiger partial charge in [0.1, 0.15) is 5.82 Å². The van der Waals surface area contributed by atoms with Crippen molar-refractivity contribution in [1.29, 1.82) is 0 Å². The minimum absolute atomic E-state index is 0.153. The number of rotatable bonds is 10. The van der Waals surface area contributed by atoms with Gasteiger partial charge < -0.3 is 4.74 Å². The van der Waals surface area contributed by atoms with Gasteiger partial charge in [-0.2, -0.15) is 12.7 Å². The molecule has 1 aromatic carbocycles. The smallest absolute Gasteiger partial charge is 0.279 e. The Balaban J connectivity index is 2.13. The van der Waals surface area contributed by atoms with Crippen molar-refractivity contribution >= 4 is 10.2 Å². The van der Waals surface area contributed by atoms with E-state index >= 15 is 0 Å². The van der Waals surface area contributed by atoms with Crippen LogP contribution in [-0.2, 0) is 14.9 Å². The molecule has 1 N–H and O–H groups in total. The second kappa shape index (κ2) is 10.3. The summed E-state index contributed by atoms with van der Waals surface area (Å²) >= 11 is 0. The molecule has 1 aromatic rings. The fourth-order valence-electron chi connectivity index (χ4n) is 3.16. The van der Waals surface area contributed by atoms with E-state index in [4.69, 9.17) is 4.74 Å². The molecule has 6 nitrogen and oxygen atoms in total. The second-order valence-electron chi connectivity index (χ2n) is 6.47. The molecule has 26 heavy (non-hydrogen) atoms. The molecule has 1 aliphatic heterocycles. The van der Waals surface area contributed by atoms with E-state index in [1.54, 1.807) is 12.1 Å². The number of benzene rings is 1. The van der Waals surface area contributed by atoms with E-state index < -0.39 is 10.2 Å². The Kier molecular flexibility index (Phi) is 8.43. The van der Waals surface area contributed by atoms with Crippen molar-refractivity contribution in [2.45, 2.75) is 32.7 Å². The van der Waals surface area contributed by atoms with Crippen LogP contribution in [0.4, 0.5) is 4.39 Å². The van der Waals surface area contributed by atoms with Gasteiger partial charge in [0.05, 0.1) is 13.2 Å². The Labute approximate surface area is 156 Å². The summed E-state index contributed by atoms with van der Waals surface area (Å²) in [5.41, 5.74) is 0.897. The Morgan fingerprint density at radius 2 is 1.73 bits per heavy atom. The standard InChI is InChI=1S/C18H30FN3O3S/c1-3-9-22(10-4-2)26(23,24)20-15-18(21-11-13-25-14-12-21)16-5-7-17(19)8-6-16/h5-8,18,20H,3-4,9-15H2,1-2H3/t18-/m0/s1. The van der Waals surface area contributed by atoms with Gasteiger partial charge in [-0.1, -0.05) is 26.0 Å². The van der Waals surface area contributed by atoms with Crippen LogP contribution in [0.2, 0.25) is 0 Å². The maximum atomic E-state index is 13.3. The van der Waals surface area contributed by atoms with Gasteiger partial charge in [-0.15, -0.1) is 0 Å². The lowest BCUT2D eigenvalue weighted by molar-refractivity contribution is 0.0171. The SMILES string of the molecule is CCCN(CCC)S(=O)(=O)NC[C@@H](c1ccc(F)cc1)N1CCOCC1. The van der Waals surface area contributed by atoms with E-state index in [1.165, 1.54) is 16.4 Å². The predicted molar refractivity (Wildman–Crippen MR) is 101 cm³/mol. The van der Waals surface area contributed by atoms with Crippen LogP contribution in [0.25, 0.3) is 0 Å². The molecule has 0 saturated carbocycles. The van der Waals surface area contributed by atoms with Crippen molar-refractivity contribution in [2.75, 3.05) is 45.9 Å². The molecule has 1 saturated heterocycles. The summed E-state index contributed by atoms with van der Waals surface area (Å²) in [7, 11) is -3.55. The van der Waals surface area contributed by atoms with E-state index in [9.17, 15) is 12.8 Å². The first-order chi connectivity index (χ1) is 12.5. The van der Waals surface area contributed by atoms with Crippen LogP contribution in [-0.4, -0.2) is 63.6 Å². The van der Waals surface area contributed by atoms with Crippen LogP contribution in [0, 0.1) is 5.82 Å². The van der Waals surface area contributed by atoms with Crippen LogP contribution in [0.5, 0.6) is 0 Å². The third kappa shape index (κ3) is 5.99. The molecule has 1 aliphatic rings. The third-order valence-corrected chi connectivity index (χ3v) is 6.06. The highest BCUT2D eigenvalue weighted by Crippen LogP contribution is 2.22. The summed E-state index contributed by atoms with van der Waals surface area (Å²) in [6, 6.07) is 6.12. The van der Waals surface area contributed by atoms with Gasteiger partial charge in [-0.3, -0.25) is 4.90 Å². The van der Waals surface area contributed by atoms with E-state index in [2.05, 4.69) is 9.62 Å². The van der Waals surface area contributed by atoms with Crippen LogP contribution in [0.1, 0.15) is 38.3 Å². The molecule has 0 aromatic heterocycles. The maximum absolute atomic E-state index is 13.3. The Morgan fingerprint density at radius 1 is 1.15 bits per heavy atom. The summed E-state index contributed by atoms with van der Waals surface area (Å²) in [5.74, 6) is -0.299. The van der Waals surface area contributed by atoms with Crippen LogP contribution < -0.4 is 4.72 Å². The van der Waals surface area contributed by atoms with Gasteiger partial charge in [-0.05, 0) is 30.5 Å². The molecule has 1 atom stereocenters. The molecule has 8 heteroatoms. The molecule has 0 radical (unpaired) electrons. The van der Waals surface area contributed by atoms with Crippen molar-refractivity contribution < 1.29 is 17.5 Å². The topological polar surface area (TPSA) is 61.9 Å². The molecule has 0 unspecified atom stereocenters. The van der Waals surface area contributed by atoms with E-state index in [1.807, 2.05) is 13.8 Å². The lowest BCUT2D eigenvalue weighted by atomic mass is 10.0. The lowest BCUT2D eigenvalue weighted by Gasteiger charge is -2.35. The number of ether oxygens (including phenoxy) is 1. The predicted octanol–water partition coefficient (Wildman–Crippen LogP) is 2.16. The minimum atomic E-state index is -3.55. The number of halogens is 1. The normalized spacial score (nSPS) is 17.5. The highest BCUT2D eigenvalue weighted by atomic mass is 32.2. The number of nitrogens with one attached hydrogen (secondary N) is 1. The molecule has 2 rings (SSSR count). The van der Waals surface area contributed by atoms with E-state index in [-0.39, 0.29) is 18.4 Å². The number of hydrogen-bond acceptors (Lipinski definition) is 4. The first-order valence-electron chi connectivity index (χ1n) is 9.30. The van der Waals surface area contributed by atoms with Gasteiger partial charge in [0.15, 0.2) is 0 Å².